The highest BCUT2D eigenvalue weighted by Crippen LogP contribution is 2.37. The molecule has 4 amide bonds. The van der Waals surface area contributed by atoms with Crippen LogP contribution < -0.4 is 19.7 Å². The van der Waals surface area contributed by atoms with Crippen LogP contribution in [-0.4, -0.2) is 44.1 Å². The monoisotopic (exact) mass is 530 g/mol. The maximum Gasteiger partial charge on any atom is 0.344 e. The summed E-state index contributed by atoms with van der Waals surface area (Å²) in [5.74, 6) is -1.59. The van der Waals surface area contributed by atoms with E-state index in [2.05, 4.69) is 21.2 Å². The van der Waals surface area contributed by atoms with Gasteiger partial charge in [0, 0.05) is 0 Å². The Morgan fingerprint density at radius 3 is 2.38 bits per heavy atom. The van der Waals surface area contributed by atoms with E-state index in [4.69, 9.17) is 14.2 Å². The molecule has 34 heavy (non-hydrogen) atoms. The van der Waals surface area contributed by atoms with E-state index in [0.717, 1.165) is 16.0 Å². The molecule has 0 aliphatic carbocycles. The van der Waals surface area contributed by atoms with Crippen LogP contribution in [0.1, 0.15) is 23.6 Å². The average Bonchev–Trinajstić information content (AvgIpc) is 2.75. The molecule has 1 aliphatic rings. The van der Waals surface area contributed by atoms with Crippen LogP contribution in [0.4, 0.5) is 10.5 Å². The lowest BCUT2D eigenvalue weighted by atomic mass is 10.0. The second-order valence-corrected chi connectivity index (χ2v) is 8.29. The standard InChI is InChI=1S/C24H23BrN2O7/c1-5-33-20(28)12-34-21-18(25)10-15(11-19(21)32-4)9-17-22(29)26-24(31)27(23(17)30)16-7-13(2)6-14(3)8-16/h6-11H,5,12H2,1-4H3,(H,26,29,31). The highest BCUT2D eigenvalue weighted by Gasteiger charge is 2.37. The molecule has 1 aliphatic heterocycles. The van der Waals surface area contributed by atoms with Crippen molar-refractivity contribution < 1.29 is 33.4 Å². The third-order valence-corrected chi connectivity index (χ3v) is 5.36. The van der Waals surface area contributed by atoms with Crippen LogP contribution in [0.3, 0.4) is 0 Å². The number of rotatable bonds is 7. The predicted molar refractivity (Wildman–Crippen MR) is 128 cm³/mol. The number of imide groups is 2. The number of benzene rings is 2. The van der Waals surface area contributed by atoms with Crippen LogP contribution in [0.15, 0.2) is 40.4 Å². The normalized spacial score (nSPS) is 14.8. The number of barbiturate groups is 1. The van der Waals surface area contributed by atoms with Crippen LogP contribution in [0.2, 0.25) is 0 Å². The van der Waals surface area contributed by atoms with Crippen molar-refractivity contribution in [1.29, 1.82) is 0 Å². The van der Waals surface area contributed by atoms with Gasteiger partial charge < -0.3 is 14.2 Å². The molecule has 1 N–H and O–H groups in total. The summed E-state index contributed by atoms with van der Waals surface area (Å²) in [6.45, 7) is 5.29. The zero-order chi connectivity index (χ0) is 25.0. The van der Waals surface area contributed by atoms with Gasteiger partial charge in [0.1, 0.15) is 5.57 Å². The molecular formula is C24H23BrN2O7. The van der Waals surface area contributed by atoms with E-state index in [9.17, 15) is 19.2 Å². The van der Waals surface area contributed by atoms with E-state index in [0.29, 0.717) is 15.7 Å². The second-order valence-electron chi connectivity index (χ2n) is 7.43. The van der Waals surface area contributed by atoms with Crippen LogP contribution in [0.25, 0.3) is 6.08 Å². The Balaban J connectivity index is 1.96. The van der Waals surface area contributed by atoms with E-state index < -0.39 is 23.8 Å². The van der Waals surface area contributed by atoms with E-state index >= 15 is 0 Å². The maximum atomic E-state index is 13.2. The zero-order valence-corrected chi connectivity index (χ0v) is 20.6. The third-order valence-electron chi connectivity index (χ3n) is 4.77. The fourth-order valence-electron chi connectivity index (χ4n) is 3.44. The van der Waals surface area contributed by atoms with Crippen LogP contribution >= 0.6 is 15.9 Å². The smallest absolute Gasteiger partial charge is 0.344 e. The molecule has 10 heteroatoms. The van der Waals surface area contributed by atoms with Crippen LogP contribution in [-0.2, 0) is 19.1 Å². The SMILES string of the molecule is CCOC(=O)COc1c(Br)cc(C=C2C(=O)NC(=O)N(c3cc(C)cc(C)c3)C2=O)cc1OC. The Hall–Kier alpha value is -3.66. The summed E-state index contributed by atoms with van der Waals surface area (Å²) in [7, 11) is 1.41. The first-order valence-corrected chi connectivity index (χ1v) is 11.1. The summed E-state index contributed by atoms with van der Waals surface area (Å²) in [5, 5.41) is 2.21. The number of nitrogens with one attached hydrogen (secondary N) is 1. The highest BCUT2D eigenvalue weighted by atomic mass is 79.9. The van der Waals surface area contributed by atoms with Gasteiger partial charge in [-0.15, -0.1) is 0 Å². The molecule has 0 bridgehead atoms. The molecule has 3 rings (SSSR count). The van der Waals surface area contributed by atoms with Crippen molar-refractivity contribution in [3.63, 3.8) is 0 Å². The number of esters is 1. The fourth-order valence-corrected chi connectivity index (χ4v) is 4.01. The molecule has 0 radical (unpaired) electrons. The third kappa shape index (κ3) is 5.45. The molecule has 0 atom stereocenters. The molecular weight excluding hydrogens is 508 g/mol. The van der Waals surface area contributed by atoms with Crippen molar-refractivity contribution in [2.24, 2.45) is 0 Å². The van der Waals surface area contributed by atoms with Gasteiger partial charge in [0.2, 0.25) is 0 Å². The first-order chi connectivity index (χ1) is 16.1. The largest absolute Gasteiger partial charge is 0.493 e. The Labute approximate surface area is 204 Å². The van der Waals surface area contributed by atoms with Gasteiger partial charge >= 0.3 is 12.0 Å². The minimum atomic E-state index is -0.821. The lowest BCUT2D eigenvalue weighted by Gasteiger charge is -2.27. The van der Waals surface area contributed by atoms with Gasteiger partial charge in [-0.05, 0) is 83.7 Å². The minimum Gasteiger partial charge on any atom is -0.493 e. The fraction of sp³-hybridized carbons (Fsp3) is 0.250. The molecule has 1 heterocycles. The highest BCUT2D eigenvalue weighted by molar-refractivity contribution is 9.10. The number of halogens is 1. The van der Waals surface area contributed by atoms with Crippen molar-refractivity contribution in [2.75, 3.05) is 25.2 Å². The number of hydrogen-bond acceptors (Lipinski definition) is 7. The van der Waals surface area contributed by atoms with Gasteiger partial charge in [-0.2, -0.15) is 0 Å². The van der Waals surface area contributed by atoms with Crippen molar-refractivity contribution in [3.8, 4) is 11.5 Å². The van der Waals surface area contributed by atoms with E-state index in [-0.39, 0.29) is 30.3 Å². The van der Waals surface area contributed by atoms with Crippen LogP contribution in [0, 0.1) is 13.8 Å². The topological polar surface area (TPSA) is 111 Å². The molecule has 2 aromatic rings. The lowest BCUT2D eigenvalue weighted by Crippen LogP contribution is -2.54. The Morgan fingerprint density at radius 1 is 1.09 bits per heavy atom. The van der Waals surface area contributed by atoms with Crippen molar-refractivity contribution in [2.45, 2.75) is 20.8 Å². The van der Waals surface area contributed by atoms with Crippen molar-refractivity contribution in [3.05, 3.63) is 57.1 Å². The Kier molecular flexibility index (Phi) is 7.72. The molecule has 0 spiro atoms. The number of carbonyl (C=O) groups is 4. The van der Waals surface area contributed by atoms with Crippen LogP contribution in [0.5, 0.6) is 11.5 Å². The zero-order valence-electron chi connectivity index (χ0n) is 19.1. The number of urea groups is 1. The molecule has 9 nitrogen and oxygen atoms in total. The molecule has 0 saturated carbocycles. The molecule has 1 saturated heterocycles. The first kappa shape index (κ1) is 25.0. The number of nitrogens with zero attached hydrogens (tertiary/aromatic N) is 1. The van der Waals surface area contributed by atoms with E-state index in [1.54, 1.807) is 25.1 Å². The van der Waals surface area contributed by atoms with E-state index in [1.807, 2.05) is 19.9 Å². The maximum absolute atomic E-state index is 13.2. The molecule has 0 unspecified atom stereocenters. The van der Waals surface area contributed by atoms with Gasteiger partial charge in [0.25, 0.3) is 11.8 Å². The number of carbonyl (C=O) groups excluding carboxylic acids is 4. The van der Waals surface area contributed by atoms with Gasteiger partial charge in [0.05, 0.1) is 23.9 Å². The lowest BCUT2D eigenvalue weighted by molar-refractivity contribution is -0.145. The van der Waals surface area contributed by atoms with Gasteiger partial charge in [-0.3, -0.25) is 14.9 Å². The number of anilines is 1. The van der Waals surface area contributed by atoms with Gasteiger partial charge in [0.15, 0.2) is 18.1 Å². The number of hydrogen-bond donors (Lipinski definition) is 1. The summed E-state index contributed by atoms with van der Waals surface area (Å²) in [5.41, 5.74) is 2.29. The van der Waals surface area contributed by atoms with Gasteiger partial charge in [-0.1, -0.05) is 6.07 Å². The quantitative estimate of drug-likeness (QED) is 0.330. The predicted octanol–water partition coefficient (Wildman–Crippen LogP) is 3.68. The summed E-state index contributed by atoms with van der Waals surface area (Å²) in [6, 6.07) is 7.59. The number of methoxy groups -OCH3 is 1. The average molecular weight is 531 g/mol. The first-order valence-electron chi connectivity index (χ1n) is 10.3. The number of ether oxygens (including phenoxy) is 3. The summed E-state index contributed by atoms with van der Waals surface area (Å²) in [4.78, 5) is 50.7. The summed E-state index contributed by atoms with van der Waals surface area (Å²) in [6.07, 6.45) is 1.35. The van der Waals surface area contributed by atoms with Crippen molar-refractivity contribution >= 4 is 51.5 Å². The van der Waals surface area contributed by atoms with E-state index in [1.165, 1.54) is 19.3 Å². The molecule has 2 aromatic carbocycles. The second kappa shape index (κ2) is 10.5. The summed E-state index contributed by atoms with van der Waals surface area (Å²) >= 11 is 3.36. The number of aryl methyl sites for hydroxylation is 2. The van der Waals surface area contributed by atoms with Gasteiger partial charge in [-0.25, -0.2) is 14.5 Å². The number of amides is 4. The Bertz CT molecular complexity index is 1190. The molecule has 0 aromatic heterocycles. The molecule has 1 fully saturated rings. The minimum absolute atomic E-state index is 0.227. The summed E-state index contributed by atoms with van der Waals surface area (Å²) < 4.78 is 16.1. The Morgan fingerprint density at radius 2 is 1.76 bits per heavy atom. The molecule has 178 valence electrons. The van der Waals surface area contributed by atoms with Crippen molar-refractivity contribution in [1.82, 2.24) is 5.32 Å².